The molecule has 0 atom stereocenters. The summed E-state index contributed by atoms with van der Waals surface area (Å²) >= 11 is 4.97. The highest BCUT2D eigenvalue weighted by Crippen LogP contribution is 2.26. The van der Waals surface area contributed by atoms with E-state index in [1.165, 1.54) is 16.9 Å². The highest BCUT2D eigenvalue weighted by molar-refractivity contribution is 9.10. The molecule has 1 saturated heterocycles. The molecule has 1 aliphatic rings. The van der Waals surface area contributed by atoms with Crippen LogP contribution >= 0.6 is 27.3 Å². The number of aromatic nitrogens is 3. The summed E-state index contributed by atoms with van der Waals surface area (Å²) in [6.45, 7) is 6.62. The Morgan fingerprint density at radius 1 is 1.24 bits per heavy atom. The number of H-pyrrole nitrogens is 1. The van der Waals surface area contributed by atoms with Crippen LogP contribution in [0.2, 0.25) is 0 Å². The van der Waals surface area contributed by atoms with Crippen LogP contribution in [0.4, 0.5) is 5.13 Å². The molecule has 152 valence electrons. The van der Waals surface area contributed by atoms with Crippen LogP contribution in [-0.4, -0.2) is 58.8 Å². The van der Waals surface area contributed by atoms with Crippen molar-refractivity contribution in [2.45, 2.75) is 13.5 Å². The van der Waals surface area contributed by atoms with Crippen molar-refractivity contribution < 1.29 is 9.53 Å². The third-order valence-corrected chi connectivity index (χ3v) is 6.29. The summed E-state index contributed by atoms with van der Waals surface area (Å²) in [4.78, 5) is 20.9. The second-order valence-electron chi connectivity index (χ2n) is 6.78. The normalized spacial score (nSPS) is 14.9. The standard InChI is InChI=1S/C20H22BrN5O2S/c1-2-28-19(27)17-13-29-20(23-17)26-9-7-25(8-10-26)12-15-11-22-24-18(15)14-3-5-16(21)6-4-14/h3-6,11,13H,2,7-10,12H2,1H3,(H,22,24). The van der Waals surface area contributed by atoms with E-state index in [4.69, 9.17) is 4.74 Å². The number of rotatable bonds is 6. The summed E-state index contributed by atoms with van der Waals surface area (Å²) < 4.78 is 6.09. The third kappa shape index (κ3) is 4.68. The van der Waals surface area contributed by atoms with Gasteiger partial charge in [0.1, 0.15) is 0 Å². The fourth-order valence-corrected chi connectivity index (χ4v) is 4.46. The Labute approximate surface area is 181 Å². The number of carbonyl (C=O) groups is 1. The molecule has 0 aliphatic carbocycles. The maximum atomic E-state index is 11.8. The molecule has 29 heavy (non-hydrogen) atoms. The predicted octanol–water partition coefficient (Wildman–Crippen LogP) is 3.79. The number of esters is 1. The number of piperazine rings is 1. The number of ether oxygens (including phenoxy) is 1. The van der Waals surface area contributed by atoms with Gasteiger partial charge in [0, 0.05) is 48.1 Å². The number of halogens is 1. The van der Waals surface area contributed by atoms with Crippen molar-refractivity contribution in [1.82, 2.24) is 20.1 Å². The first-order valence-corrected chi connectivity index (χ1v) is 11.2. The second-order valence-corrected chi connectivity index (χ2v) is 8.53. The Balaban J connectivity index is 1.36. The Hall–Kier alpha value is -2.23. The lowest BCUT2D eigenvalue weighted by Gasteiger charge is -2.34. The van der Waals surface area contributed by atoms with Crippen molar-refractivity contribution in [3.05, 3.63) is 51.6 Å². The molecule has 3 aromatic rings. The summed E-state index contributed by atoms with van der Waals surface area (Å²) in [7, 11) is 0. The largest absolute Gasteiger partial charge is 0.461 e. The van der Waals surface area contributed by atoms with Gasteiger partial charge in [-0.05, 0) is 24.6 Å². The summed E-state index contributed by atoms with van der Waals surface area (Å²) in [5, 5.41) is 10.0. The molecule has 0 bridgehead atoms. The first-order chi connectivity index (χ1) is 14.1. The SMILES string of the molecule is CCOC(=O)c1csc(N2CCN(Cc3cn[nH]c3-c3ccc(Br)cc3)CC2)n1. The van der Waals surface area contributed by atoms with E-state index >= 15 is 0 Å². The highest BCUT2D eigenvalue weighted by atomic mass is 79.9. The molecule has 1 aromatic carbocycles. The Morgan fingerprint density at radius 3 is 2.72 bits per heavy atom. The highest BCUT2D eigenvalue weighted by Gasteiger charge is 2.22. The number of thiazole rings is 1. The molecular formula is C20H22BrN5O2S. The van der Waals surface area contributed by atoms with Crippen LogP contribution in [0.3, 0.4) is 0 Å². The number of aromatic amines is 1. The van der Waals surface area contributed by atoms with Crippen LogP contribution in [0.1, 0.15) is 23.0 Å². The fourth-order valence-electron chi connectivity index (χ4n) is 3.34. The molecule has 2 aromatic heterocycles. The van der Waals surface area contributed by atoms with Crippen molar-refractivity contribution in [3.8, 4) is 11.3 Å². The monoisotopic (exact) mass is 475 g/mol. The van der Waals surface area contributed by atoms with Crippen molar-refractivity contribution in [2.24, 2.45) is 0 Å². The fraction of sp³-hybridized carbons (Fsp3) is 0.350. The lowest BCUT2D eigenvalue weighted by atomic mass is 10.1. The van der Waals surface area contributed by atoms with Crippen molar-refractivity contribution >= 4 is 38.4 Å². The van der Waals surface area contributed by atoms with Gasteiger partial charge in [-0.25, -0.2) is 9.78 Å². The molecule has 0 spiro atoms. The number of anilines is 1. The van der Waals surface area contributed by atoms with E-state index in [1.807, 2.05) is 18.3 Å². The number of hydrogen-bond donors (Lipinski definition) is 1. The van der Waals surface area contributed by atoms with E-state index in [0.717, 1.165) is 53.6 Å². The van der Waals surface area contributed by atoms with E-state index in [-0.39, 0.29) is 5.97 Å². The minimum Gasteiger partial charge on any atom is -0.461 e. The first-order valence-electron chi connectivity index (χ1n) is 9.52. The summed E-state index contributed by atoms with van der Waals surface area (Å²) in [5.41, 5.74) is 3.79. The average molecular weight is 476 g/mol. The number of nitrogens with zero attached hydrogens (tertiary/aromatic N) is 4. The minimum atomic E-state index is -0.353. The molecule has 0 amide bonds. The molecule has 0 radical (unpaired) electrons. The molecule has 1 N–H and O–H groups in total. The van der Waals surface area contributed by atoms with Gasteiger partial charge in [-0.2, -0.15) is 5.10 Å². The summed E-state index contributed by atoms with van der Waals surface area (Å²) in [6.07, 6.45) is 1.91. The maximum absolute atomic E-state index is 11.8. The van der Waals surface area contributed by atoms with Crippen LogP contribution in [0.25, 0.3) is 11.3 Å². The molecule has 0 saturated carbocycles. The van der Waals surface area contributed by atoms with Crippen LogP contribution in [0.5, 0.6) is 0 Å². The Bertz CT molecular complexity index is 963. The van der Waals surface area contributed by atoms with Gasteiger partial charge in [-0.3, -0.25) is 10.00 Å². The molecular weight excluding hydrogens is 454 g/mol. The van der Waals surface area contributed by atoms with Crippen molar-refractivity contribution in [1.29, 1.82) is 0 Å². The molecule has 4 rings (SSSR count). The topological polar surface area (TPSA) is 74.3 Å². The van der Waals surface area contributed by atoms with Gasteiger partial charge in [0.25, 0.3) is 0 Å². The Kier molecular flexibility index (Phi) is 6.27. The molecule has 0 unspecified atom stereocenters. The van der Waals surface area contributed by atoms with Gasteiger partial charge in [-0.1, -0.05) is 28.1 Å². The first kappa shape index (κ1) is 20.1. The van der Waals surface area contributed by atoms with Gasteiger partial charge < -0.3 is 9.64 Å². The van der Waals surface area contributed by atoms with Crippen molar-refractivity contribution in [3.63, 3.8) is 0 Å². The quantitative estimate of drug-likeness (QED) is 0.546. The van der Waals surface area contributed by atoms with Crippen LogP contribution in [0.15, 0.2) is 40.3 Å². The van der Waals surface area contributed by atoms with Gasteiger partial charge in [0.15, 0.2) is 10.8 Å². The van der Waals surface area contributed by atoms with Crippen LogP contribution in [-0.2, 0) is 11.3 Å². The summed E-state index contributed by atoms with van der Waals surface area (Å²) in [5.74, 6) is -0.353. The molecule has 7 nitrogen and oxygen atoms in total. The zero-order chi connectivity index (χ0) is 20.2. The van der Waals surface area contributed by atoms with Gasteiger partial charge >= 0.3 is 5.97 Å². The van der Waals surface area contributed by atoms with Crippen molar-refractivity contribution in [2.75, 3.05) is 37.7 Å². The summed E-state index contributed by atoms with van der Waals surface area (Å²) in [6, 6.07) is 8.25. The number of carbonyl (C=O) groups excluding carboxylic acids is 1. The minimum absolute atomic E-state index is 0.353. The molecule has 1 fully saturated rings. The van der Waals surface area contributed by atoms with Crippen LogP contribution in [0, 0.1) is 0 Å². The van der Waals surface area contributed by atoms with Gasteiger partial charge in [0.05, 0.1) is 18.5 Å². The average Bonchev–Trinajstić information content (AvgIpc) is 3.39. The van der Waals surface area contributed by atoms with E-state index < -0.39 is 0 Å². The van der Waals surface area contributed by atoms with Gasteiger partial charge in [0.2, 0.25) is 0 Å². The van der Waals surface area contributed by atoms with E-state index in [0.29, 0.717) is 12.3 Å². The van der Waals surface area contributed by atoms with E-state index in [2.05, 4.69) is 53.0 Å². The number of nitrogens with one attached hydrogen (secondary N) is 1. The third-order valence-electron chi connectivity index (χ3n) is 4.86. The number of hydrogen-bond acceptors (Lipinski definition) is 7. The lowest BCUT2D eigenvalue weighted by Crippen LogP contribution is -2.46. The number of benzene rings is 1. The second kappa shape index (κ2) is 9.06. The smallest absolute Gasteiger partial charge is 0.357 e. The lowest BCUT2D eigenvalue weighted by molar-refractivity contribution is 0.0520. The van der Waals surface area contributed by atoms with Gasteiger partial charge in [-0.15, -0.1) is 11.3 Å². The van der Waals surface area contributed by atoms with E-state index in [1.54, 1.807) is 12.3 Å². The van der Waals surface area contributed by atoms with Crippen LogP contribution < -0.4 is 4.90 Å². The van der Waals surface area contributed by atoms with E-state index in [9.17, 15) is 4.79 Å². The molecule has 3 heterocycles. The zero-order valence-corrected chi connectivity index (χ0v) is 18.5. The predicted molar refractivity (Wildman–Crippen MR) is 117 cm³/mol. The molecule has 9 heteroatoms. The zero-order valence-electron chi connectivity index (χ0n) is 16.1. The molecule has 1 aliphatic heterocycles. The Morgan fingerprint density at radius 2 is 2.00 bits per heavy atom. The maximum Gasteiger partial charge on any atom is 0.357 e.